The van der Waals surface area contributed by atoms with E-state index in [0.717, 1.165) is 5.56 Å². The van der Waals surface area contributed by atoms with Crippen LogP contribution >= 0.6 is 0 Å². The van der Waals surface area contributed by atoms with Crippen LogP contribution < -0.4 is 0 Å². The van der Waals surface area contributed by atoms with Crippen molar-refractivity contribution in [3.63, 3.8) is 0 Å². The third-order valence-corrected chi connectivity index (χ3v) is 3.02. The van der Waals surface area contributed by atoms with Gasteiger partial charge in [0.1, 0.15) is 0 Å². The Bertz CT molecular complexity index is 492. The average Bonchev–Trinajstić information content (AvgIpc) is 2.27. The molecule has 94 valence electrons. The lowest BCUT2D eigenvalue weighted by Crippen LogP contribution is -2.05. The molecule has 0 saturated heterocycles. The first-order valence-corrected chi connectivity index (χ1v) is 6.66. The van der Waals surface area contributed by atoms with E-state index in [-0.39, 0.29) is 5.75 Å². The first-order valence-electron chi connectivity index (χ1n) is 5.05. The van der Waals surface area contributed by atoms with Gasteiger partial charge >= 0.3 is 5.97 Å². The van der Waals surface area contributed by atoms with Gasteiger partial charge in [0.15, 0.2) is 0 Å². The smallest absolute Gasteiger partial charge is 0.337 e. The Morgan fingerprint density at radius 3 is 2.71 bits per heavy atom. The van der Waals surface area contributed by atoms with E-state index in [0.29, 0.717) is 18.4 Å². The molecule has 1 N–H and O–H groups in total. The van der Waals surface area contributed by atoms with Crippen molar-refractivity contribution in [2.24, 2.45) is 0 Å². The van der Waals surface area contributed by atoms with Gasteiger partial charge in [-0.15, -0.1) is 0 Å². The average molecular weight is 258 g/mol. The van der Waals surface area contributed by atoms with Crippen LogP contribution in [0.4, 0.5) is 0 Å². The number of hydrogen-bond donors (Lipinski definition) is 1. The molecular weight excluding hydrogens is 244 g/mol. The van der Waals surface area contributed by atoms with Crippen LogP contribution in [0, 0.1) is 0 Å². The van der Waals surface area contributed by atoms with Crippen LogP contribution in [0.5, 0.6) is 0 Å². The number of benzene rings is 1. The zero-order valence-electron chi connectivity index (χ0n) is 9.42. The molecule has 0 spiro atoms. The molecule has 0 unspecified atom stereocenters. The number of carbonyl (C=O) groups excluding carboxylic acids is 1. The second-order valence-electron chi connectivity index (χ2n) is 3.58. The van der Waals surface area contributed by atoms with E-state index in [4.69, 9.17) is 4.55 Å². The maximum atomic E-state index is 11.2. The van der Waals surface area contributed by atoms with E-state index in [9.17, 15) is 13.2 Å². The van der Waals surface area contributed by atoms with Crippen molar-refractivity contribution >= 4 is 16.1 Å². The maximum Gasteiger partial charge on any atom is 0.337 e. The molecule has 17 heavy (non-hydrogen) atoms. The minimum Gasteiger partial charge on any atom is -0.465 e. The molecule has 0 fully saturated rings. The third-order valence-electron chi connectivity index (χ3n) is 2.22. The summed E-state index contributed by atoms with van der Waals surface area (Å²) in [6.45, 7) is 0. The summed E-state index contributed by atoms with van der Waals surface area (Å²) >= 11 is 0. The first-order chi connectivity index (χ1) is 7.92. The molecule has 0 atom stereocenters. The van der Waals surface area contributed by atoms with Gasteiger partial charge in [-0.1, -0.05) is 12.1 Å². The van der Waals surface area contributed by atoms with Gasteiger partial charge in [-0.25, -0.2) is 4.79 Å². The predicted octanol–water partition coefficient (Wildman–Crippen LogP) is 1.29. The molecule has 0 amide bonds. The van der Waals surface area contributed by atoms with E-state index < -0.39 is 16.1 Å². The highest BCUT2D eigenvalue weighted by atomic mass is 32.2. The molecule has 0 aliphatic rings. The van der Waals surface area contributed by atoms with Crippen molar-refractivity contribution in [3.05, 3.63) is 35.4 Å². The van der Waals surface area contributed by atoms with Crippen molar-refractivity contribution in [1.82, 2.24) is 0 Å². The van der Waals surface area contributed by atoms with Crippen LogP contribution in [0.2, 0.25) is 0 Å². The molecule has 1 rings (SSSR count). The number of rotatable bonds is 5. The second kappa shape index (κ2) is 5.79. The number of hydrogen-bond acceptors (Lipinski definition) is 4. The molecule has 6 heteroatoms. The Morgan fingerprint density at radius 2 is 2.12 bits per heavy atom. The minimum absolute atomic E-state index is 0.282. The van der Waals surface area contributed by atoms with Gasteiger partial charge in [0.2, 0.25) is 0 Å². The fourth-order valence-electron chi connectivity index (χ4n) is 1.43. The van der Waals surface area contributed by atoms with Gasteiger partial charge in [-0.05, 0) is 30.5 Å². The number of esters is 1. The molecule has 0 aromatic heterocycles. The molecule has 1 aromatic carbocycles. The van der Waals surface area contributed by atoms with E-state index in [1.807, 2.05) is 0 Å². The molecule has 0 saturated carbocycles. The topological polar surface area (TPSA) is 80.7 Å². The summed E-state index contributed by atoms with van der Waals surface area (Å²) in [5, 5.41) is 0. The molecule has 0 heterocycles. The Labute approximate surface area is 100 Å². The van der Waals surface area contributed by atoms with E-state index in [1.54, 1.807) is 24.3 Å². The summed E-state index contributed by atoms with van der Waals surface area (Å²) < 4.78 is 34.2. The van der Waals surface area contributed by atoms with Gasteiger partial charge in [-0.3, -0.25) is 4.55 Å². The van der Waals surface area contributed by atoms with Crippen LogP contribution in [-0.4, -0.2) is 31.8 Å². The van der Waals surface area contributed by atoms with Crippen molar-refractivity contribution in [2.45, 2.75) is 12.8 Å². The van der Waals surface area contributed by atoms with Gasteiger partial charge in [-0.2, -0.15) is 8.42 Å². The molecule has 0 aliphatic carbocycles. The summed E-state index contributed by atoms with van der Waals surface area (Å²) in [6, 6.07) is 6.76. The van der Waals surface area contributed by atoms with E-state index in [1.165, 1.54) is 7.11 Å². The highest BCUT2D eigenvalue weighted by molar-refractivity contribution is 7.85. The SMILES string of the molecule is COC(=O)c1cccc(CCCS(=O)(=O)O)c1. The Balaban J connectivity index is 2.63. The van der Waals surface area contributed by atoms with Crippen LogP contribution in [0.15, 0.2) is 24.3 Å². The number of methoxy groups -OCH3 is 1. The van der Waals surface area contributed by atoms with Crippen molar-refractivity contribution in [2.75, 3.05) is 12.9 Å². The van der Waals surface area contributed by atoms with Crippen LogP contribution in [0.25, 0.3) is 0 Å². The summed E-state index contributed by atoms with van der Waals surface area (Å²) in [5.74, 6) is -0.711. The Kier molecular flexibility index (Phi) is 4.65. The molecule has 0 bridgehead atoms. The lowest BCUT2D eigenvalue weighted by molar-refractivity contribution is 0.0600. The second-order valence-corrected chi connectivity index (χ2v) is 5.15. The van der Waals surface area contributed by atoms with Crippen molar-refractivity contribution in [3.8, 4) is 0 Å². The monoisotopic (exact) mass is 258 g/mol. The zero-order valence-corrected chi connectivity index (χ0v) is 10.2. The molecule has 0 aliphatic heterocycles. The van der Waals surface area contributed by atoms with Crippen LogP contribution in [0.1, 0.15) is 22.3 Å². The number of carbonyl (C=O) groups is 1. The van der Waals surface area contributed by atoms with Gasteiger partial charge in [0, 0.05) is 0 Å². The lowest BCUT2D eigenvalue weighted by atomic mass is 10.1. The zero-order chi connectivity index (χ0) is 12.9. The summed E-state index contributed by atoms with van der Waals surface area (Å²) in [7, 11) is -2.62. The molecular formula is C11H14O5S. The van der Waals surface area contributed by atoms with E-state index in [2.05, 4.69) is 4.74 Å². The lowest BCUT2D eigenvalue weighted by Gasteiger charge is -2.03. The van der Waals surface area contributed by atoms with Crippen molar-refractivity contribution < 1.29 is 22.5 Å². The number of aryl methyl sites for hydroxylation is 1. The molecule has 0 radical (unpaired) electrons. The van der Waals surface area contributed by atoms with Gasteiger partial charge in [0.25, 0.3) is 10.1 Å². The highest BCUT2D eigenvalue weighted by Crippen LogP contribution is 2.09. The quantitative estimate of drug-likeness (QED) is 0.636. The fraction of sp³-hybridized carbons (Fsp3) is 0.364. The predicted molar refractivity (Wildman–Crippen MR) is 62.5 cm³/mol. The molecule has 1 aromatic rings. The van der Waals surface area contributed by atoms with Crippen molar-refractivity contribution in [1.29, 1.82) is 0 Å². The summed E-state index contributed by atoms with van der Waals surface area (Å²) in [6.07, 6.45) is 0.786. The highest BCUT2D eigenvalue weighted by Gasteiger charge is 2.07. The Hall–Kier alpha value is -1.40. The largest absolute Gasteiger partial charge is 0.465 e. The van der Waals surface area contributed by atoms with Crippen LogP contribution in [-0.2, 0) is 21.3 Å². The Morgan fingerprint density at radius 1 is 1.41 bits per heavy atom. The molecule has 5 nitrogen and oxygen atoms in total. The van der Waals surface area contributed by atoms with E-state index >= 15 is 0 Å². The standard InChI is InChI=1S/C11H14O5S/c1-16-11(12)10-6-2-4-9(8-10)5-3-7-17(13,14)15/h2,4,6,8H,3,5,7H2,1H3,(H,13,14,15). The normalized spacial score (nSPS) is 11.2. The fourth-order valence-corrected chi connectivity index (χ4v) is 1.94. The minimum atomic E-state index is -3.92. The van der Waals surface area contributed by atoms with Crippen LogP contribution in [0.3, 0.4) is 0 Å². The summed E-state index contributed by atoms with van der Waals surface area (Å²) in [5.41, 5.74) is 1.26. The maximum absolute atomic E-state index is 11.2. The first kappa shape index (κ1) is 13.7. The van der Waals surface area contributed by atoms with Gasteiger partial charge < -0.3 is 4.74 Å². The van der Waals surface area contributed by atoms with Gasteiger partial charge in [0.05, 0.1) is 18.4 Å². The third kappa shape index (κ3) is 4.97. The summed E-state index contributed by atoms with van der Waals surface area (Å²) in [4.78, 5) is 11.2. The number of ether oxygens (including phenoxy) is 1.